The summed E-state index contributed by atoms with van der Waals surface area (Å²) in [5.41, 5.74) is 1.86. The van der Waals surface area contributed by atoms with Crippen LogP contribution in [0.25, 0.3) is 22.5 Å². The van der Waals surface area contributed by atoms with Crippen molar-refractivity contribution < 1.29 is 9.90 Å². The zero-order chi connectivity index (χ0) is 21.5. The van der Waals surface area contributed by atoms with E-state index in [0.717, 1.165) is 26.9 Å². The molecule has 0 bridgehead atoms. The molecule has 1 aromatic carbocycles. The van der Waals surface area contributed by atoms with Crippen molar-refractivity contribution in [2.75, 3.05) is 0 Å². The van der Waals surface area contributed by atoms with Crippen LogP contribution >= 0.6 is 27.3 Å². The van der Waals surface area contributed by atoms with Gasteiger partial charge in [-0.3, -0.25) is 14.8 Å². The highest BCUT2D eigenvalue weighted by molar-refractivity contribution is 9.10. The molecule has 0 saturated carbocycles. The lowest BCUT2D eigenvalue weighted by molar-refractivity contribution is -0.141. The third kappa shape index (κ3) is 3.62. The quantitative estimate of drug-likeness (QED) is 0.459. The average molecular weight is 497 g/mol. The number of hydrogen-bond donors (Lipinski definition) is 1. The van der Waals surface area contributed by atoms with Crippen molar-refractivity contribution in [2.24, 2.45) is 5.10 Å². The zero-order valence-electron chi connectivity index (χ0n) is 15.7. The van der Waals surface area contributed by atoms with Gasteiger partial charge >= 0.3 is 5.97 Å². The van der Waals surface area contributed by atoms with Gasteiger partial charge in [0.05, 0.1) is 5.71 Å². The second-order valence-corrected chi connectivity index (χ2v) is 8.68. The maximum Gasteiger partial charge on any atom is 0.328 e. The van der Waals surface area contributed by atoms with Crippen molar-refractivity contribution in [1.29, 1.82) is 0 Å². The molecule has 0 radical (unpaired) electrons. The number of fused-ring (bicyclic) bond motifs is 1. The number of aromatic nitrogens is 4. The Morgan fingerprint density at radius 3 is 2.58 bits per heavy atom. The van der Waals surface area contributed by atoms with Crippen LogP contribution in [-0.4, -0.2) is 47.4 Å². The summed E-state index contributed by atoms with van der Waals surface area (Å²) in [5.74, 6) is -0.587. The Bertz CT molecular complexity index is 1430. The molecule has 1 aliphatic heterocycles. The number of hydrazone groups is 1. The largest absolute Gasteiger partial charge is 0.480 e. The summed E-state index contributed by atoms with van der Waals surface area (Å²) in [4.78, 5) is 33.4. The maximum atomic E-state index is 12.8. The van der Waals surface area contributed by atoms with Gasteiger partial charge in [0.1, 0.15) is 4.53 Å². The molecule has 0 spiro atoms. The molecule has 11 heteroatoms. The highest BCUT2D eigenvalue weighted by Crippen LogP contribution is 2.22. The monoisotopic (exact) mass is 496 g/mol. The van der Waals surface area contributed by atoms with Crippen LogP contribution in [0, 0.1) is 0 Å². The van der Waals surface area contributed by atoms with Gasteiger partial charge in [0, 0.05) is 35.1 Å². The number of carboxylic acid groups (broad SMARTS) is 1. The van der Waals surface area contributed by atoms with E-state index in [2.05, 4.69) is 36.1 Å². The van der Waals surface area contributed by atoms with Crippen LogP contribution in [0.4, 0.5) is 0 Å². The molecule has 1 N–H and O–H groups in total. The van der Waals surface area contributed by atoms with Crippen LogP contribution in [0.3, 0.4) is 0 Å². The first-order chi connectivity index (χ1) is 15.0. The van der Waals surface area contributed by atoms with Gasteiger partial charge in [-0.1, -0.05) is 39.4 Å². The van der Waals surface area contributed by atoms with Crippen molar-refractivity contribution in [3.8, 4) is 11.4 Å². The number of hydrogen-bond acceptors (Lipinski definition) is 8. The standard InChI is InChI=1S/C20H13BrN6O3S/c21-13-3-1-11(2-4-13)14-9-15(19(29)30)26(24-14)10-16-18(28)27-20(31-16)23-17(25-27)12-5-7-22-8-6-12/h1-8,10,15H,9H2,(H,29,30)/b16-10-/t15-/m1/s1. The number of nitrogens with zero attached hydrogens (tertiary/aromatic N) is 6. The minimum atomic E-state index is -1.01. The molecule has 154 valence electrons. The Labute approximate surface area is 187 Å². The predicted octanol–water partition coefficient (Wildman–Crippen LogP) is 2.00. The van der Waals surface area contributed by atoms with Crippen LogP contribution in [0.2, 0.25) is 0 Å². The van der Waals surface area contributed by atoms with Crippen LogP contribution in [0.5, 0.6) is 0 Å². The van der Waals surface area contributed by atoms with Crippen molar-refractivity contribution >= 4 is 50.1 Å². The van der Waals surface area contributed by atoms with Crippen LogP contribution < -0.4 is 10.1 Å². The summed E-state index contributed by atoms with van der Waals surface area (Å²) in [7, 11) is 0. The van der Waals surface area contributed by atoms with Crippen molar-refractivity contribution in [3.05, 3.63) is 73.7 Å². The Hall–Kier alpha value is -3.44. The summed E-state index contributed by atoms with van der Waals surface area (Å²) < 4.78 is 2.45. The second-order valence-electron chi connectivity index (χ2n) is 6.76. The number of thiazole rings is 1. The number of pyridine rings is 1. The van der Waals surface area contributed by atoms with Gasteiger partial charge in [-0.05, 0) is 29.8 Å². The molecule has 0 amide bonds. The Morgan fingerprint density at radius 2 is 1.90 bits per heavy atom. The second kappa shape index (κ2) is 7.67. The molecule has 31 heavy (non-hydrogen) atoms. The lowest BCUT2D eigenvalue weighted by Crippen LogP contribution is -2.34. The lowest BCUT2D eigenvalue weighted by atomic mass is 10.0. The van der Waals surface area contributed by atoms with Gasteiger partial charge in [0.25, 0.3) is 5.56 Å². The van der Waals surface area contributed by atoms with Gasteiger partial charge in [-0.25, -0.2) is 4.79 Å². The summed E-state index contributed by atoms with van der Waals surface area (Å²) in [6.45, 7) is 0. The third-order valence-electron chi connectivity index (χ3n) is 4.77. The van der Waals surface area contributed by atoms with E-state index in [9.17, 15) is 14.7 Å². The molecule has 5 rings (SSSR count). The van der Waals surface area contributed by atoms with E-state index in [1.807, 2.05) is 24.3 Å². The highest BCUT2D eigenvalue weighted by atomic mass is 79.9. The number of halogens is 1. The number of carboxylic acids is 1. The van der Waals surface area contributed by atoms with Crippen molar-refractivity contribution in [1.82, 2.24) is 24.6 Å². The van der Waals surface area contributed by atoms with E-state index in [1.165, 1.54) is 15.7 Å². The first kappa shape index (κ1) is 19.5. The number of aliphatic carboxylic acids is 1. The normalized spacial score (nSPS) is 16.8. The molecule has 1 atom stereocenters. The summed E-state index contributed by atoms with van der Waals surface area (Å²) in [5, 5.41) is 19.7. The Kier molecular flexibility index (Phi) is 4.83. The van der Waals surface area contributed by atoms with E-state index in [1.54, 1.807) is 24.5 Å². The minimum Gasteiger partial charge on any atom is -0.480 e. The first-order valence-corrected chi connectivity index (χ1v) is 10.8. The van der Waals surface area contributed by atoms with Gasteiger partial charge < -0.3 is 5.11 Å². The van der Waals surface area contributed by atoms with Crippen LogP contribution in [-0.2, 0) is 4.79 Å². The summed E-state index contributed by atoms with van der Waals surface area (Å²) >= 11 is 4.52. The fourth-order valence-corrected chi connectivity index (χ4v) is 4.37. The van der Waals surface area contributed by atoms with Crippen LogP contribution in [0.15, 0.2) is 63.2 Å². The maximum absolute atomic E-state index is 12.8. The summed E-state index contributed by atoms with van der Waals surface area (Å²) in [6.07, 6.45) is 4.94. The Balaban J connectivity index is 1.54. The molecule has 4 aromatic rings. The zero-order valence-corrected chi connectivity index (χ0v) is 18.1. The number of benzene rings is 1. The molecule has 0 fully saturated rings. The molecule has 4 heterocycles. The van der Waals surface area contributed by atoms with Gasteiger partial charge in [-0.2, -0.15) is 14.6 Å². The summed E-state index contributed by atoms with van der Waals surface area (Å²) in [6, 6.07) is 10.1. The topological polar surface area (TPSA) is 113 Å². The van der Waals surface area contributed by atoms with Crippen molar-refractivity contribution in [3.63, 3.8) is 0 Å². The Morgan fingerprint density at radius 1 is 1.16 bits per heavy atom. The number of carbonyl (C=O) groups is 1. The molecule has 0 saturated heterocycles. The first-order valence-electron chi connectivity index (χ1n) is 9.16. The minimum absolute atomic E-state index is 0.231. The highest BCUT2D eigenvalue weighted by Gasteiger charge is 2.32. The fourth-order valence-electron chi connectivity index (χ4n) is 3.23. The van der Waals surface area contributed by atoms with Gasteiger partial charge in [0.15, 0.2) is 11.9 Å². The van der Waals surface area contributed by atoms with Crippen LogP contribution in [0.1, 0.15) is 12.0 Å². The van der Waals surface area contributed by atoms with E-state index in [0.29, 0.717) is 21.0 Å². The van der Waals surface area contributed by atoms with E-state index >= 15 is 0 Å². The van der Waals surface area contributed by atoms with Gasteiger partial charge in [-0.15, -0.1) is 5.10 Å². The third-order valence-corrected chi connectivity index (χ3v) is 6.25. The molecular formula is C20H13BrN6O3S. The average Bonchev–Trinajstić information content (AvgIpc) is 3.45. The predicted molar refractivity (Wildman–Crippen MR) is 119 cm³/mol. The van der Waals surface area contributed by atoms with Gasteiger partial charge in [0.2, 0.25) is 4.96 Å². The van der Waals surface area contributed by atoms with E-state index < -0.39 is 12.0 Å². The van der Waals surface area contributed by atoms with E-state index in [4.69, 9.17) is 0 Å². The molecule has 0 unspecified atom stereocenters. The molecule has 1 aliphatic rings. The lowest BCUT2D eigenvalue weighted by Gasteiger charge is -2.14. The van der Waals surface area contributed by atoms with E-state index in [-0.39, 0.29) is 12.0 Å². The SMILES string of the molecule is O=C(O)[C@H]1CC(c2ccc(Br)cc2)=NN1/C=c1\sc2nc(-c3ccncc3)nn2c1=O. The molecule has 9 nitrogen and oxygen atoms in total. The molecular weight excluding hydrogens is 484 g/mol. The molecule has 3 aromatic heterocycles. The fraction of sp³-hybridized carbons (Fsp3) is 0.100. The number of rotatable bonds is 4. The van der Waals surface area contributed by atoms with Crippen molar-refractivity contribution in [2.45, 2.75) is 12.5 Å². The molecule has 0 aliphatic carbocycles. The smallest absolute Gasteiger partial charge is 0.328 e.